The van der Waals surface area contributed by atoms with Gasteiger partial charge in [-0.1, -0.05) is 31.0 Å². The van der Waals surface area contributed by atoms with Crippen LogP contribution in [0.3, 0.4) is 0 Å². The minimum atomic E-state index is 0.107. The maximum Gasteiger partial charge on any atom is 0.260 e. The van der Waals surface area contributed by atoms with Crippen LogP contribution in [0.1, 0.15) is 44.1 Å². The average Bonchev–Trinajstić information content (AvgIpc) is 3.24. The normalized spacial score (nSPS) is 18.8. The first kappa shape index (κ1) is 15.3. The number of rotatable bonds is 6. The van der Waals surface area contributed by atoms with Crippen LogP contribution in [0.15, 0.2) is 24.3 Å². The number of hydrogen-bond donors (Lipinski definition) is 1. The SMILES string of the molecule is O=C(COc1ccccc1CNC1CCCC1)N1CCCC1. The number of hydrogen-bond acceptors (Lipinski definition) is 3. The zero-order valence-electron chi connectivity index (χ0n) is 13.2. The van der Waals surface area contributed by atoms with Gasteiger partial charge >= 0.3 is 0 Å². The highest BCUT2D eigenvalue weighted by molar-refractivity contribution is 5.78. The summed E-state index contributed by atoms with van der Waals surface area (Å²) in [6, 6.07) is 8.68. The quantitative estimate of drug-likeness (QED) is 0.878. The second-order valence-corrected chi connectivity index (χ2v) is 6.35. The Bertz CT molecular complexity index is 492. The van der Waals surface area contributed by atoms with Gasteiger partial charge in [0.2, 0.25) is 0 Å². The molecular formula is C18H26N2O2. The minimum absolute atomic E-state index is 0.107. The summed E-state index contributed by atoms with van der Waals surface area (Å²) in [5, 5.41) is 3.61. The van der Waals surface area contributed by atoms with Gasteiger partial charge in [0.05, 0.1) is 0 Å². The van der Waals surface area contributed by atoms with Crippen LogP contribution in [0.5, 0.6) is 5.75 Å². The summed E-state index contributed by atoms with van der Waals surface area (Å²) in [4.78, 5) is 14.0. The molecule has 1 aromatic rings. The van der Waals surface area contributed by atoms with Crippen molar-refractivity contribution in [1.82, 2.24) is 10.2 Å². The number of amides is 1. The van der Waals surface area contributed by atoms with E-state index in [4.69, 9.17) is 4.74 Å². The van der Waals surface area contributed by atoms with Crippen molar-refractivity contribution in [2.75, 3.05) is 19.7 Å². The standard InChI is InChI=1S/C18H26N2O2/c21-18(20-11-5-6-12-20)14-22-17-10-4-1-7-15(17)13-19-16-8-2-3-9-16/h1,4,7,10,16,19H,2-3,5-6,8-9,11-14H2. The van der Waals surface area contributed by atoms with Gasteiger partial charge in [0.1, 0.15) is 5.75 Å². The van der Waals surface area contributed by atoms with Crippen molar-refractivity contribution in [1.29, 1.82) is 0 Å². The fourth-order valence-electron chi connectivity index (χ4n) is 3.37. The van der Waals surface area contributed by atoms with Crippen LogP contribution in [0.4, 0.5) is 0 Å². The van der Waals surface area contributed by atoms with Crippen LogP contribution < -0.4 is 10.1 Å². The van der Waals surface area contributed by atoms with E-state index < -0.39 is 0 Å². The first-order valence-corrected chi connectivity index (χ1v) is 8.55. The molecule has 0 spiro atoms. The molecule has 1 saturated heterocycles. The zero-order valence-corrected chi connectivity index (χ0v) is 13.2. The molecule has 1 aromatic carbocycles. The van der Waals surface area contributed by atoms with Crippen molar-refractivity contribution >= 4 is 5.91 Å². The zero-order chi connectivity index (χ0) is 15.2. The lowest BCUT2D eigenvalue weighted by molar-refractivity contribution is -0.132. The van der Waals surface area contributed by atoms with Gasteiger partial charge in [-0.25, -0.2) is 0 Å². The van der Waals surface area contributed by atoms with Crippen molar-refractivity contribution in [3.8, 4) is 5.75 Å². The number of carbonyl (C=O) groups excluding carboxylic acids is 1. The van der Waals surface area contributed by atoms with Crippen molar-refractivity contribution < 1.29 is 9.53 Å². The van der Waals surface area contributed by atoms with Gasteiger partial charge in [-0.3, -0.25) is 4.79 Å². The Morgan fingerprint density at radius 2 is 1.86 bits per heavy atom. The summed E-state index contributed by atoms with van der Waals surface area (Å²) >= 11 is 0. The molecule has 1 aliphatic carbocycles. The molecule has 1 saturated carbocycles. The van der Waals surface area contributed by atoms with Gasteiger partial charge < -0.3 is 15.0 Å². The van der Waals surface area contributed by atoms with Crippen LogP contribution in [0, 0.1) is 0 Å². The monoisotopic (exact) mass is 302 g/mol. The maximum atomic E-state index is 12.1. The number of carbonyl (C=O) groups is 1. The number of para-hydroxylation sites is 1. The Morgan fingerprint density at radius 1 is 1.14 bits per heavy atom. The van der Waals surface area contributed by atoms with E-state index in [1.807, 2.05) is 23.1 Å². The van der Waals surface area contributed by atoms with Gasteiger partial charge in [-0.2, -0.15) is 0 Å². The fraction of sp³-hybridized carbons (Fsp3) is 0.611. The van der Waals surface area contributed by atoms with Gasteiger partial charge in [0.25, 0.3) is 5.91 Å². The minimum Gasteiger partial charge on any atom is -0.483 e. The molecule has 3 rings (SSSR count). The molecule has 120 valence electrons. The van der Waals surface area contributed by atoms with E-state index in [1.54, 1.807) is 0 Å². The number of likely N-dealkylation sites (tertiary alicyclic amines) is 1. The molecule has 1 amide bonds. The maximum absolute atomic E-state index is 12.1. The Morgan fingerprint density at radius 3 is 2.64 bits per heavy atom. The van der Waals surface area contributed by atoms with Gasteiger partial charge in [0, 0.05) is 31.2 Å². The average molecular weight is 302 g/mol. The third kappa shape index (κ3) is 4.01. The molecule has 1 N–H and O–H groups in total. The summed E-state index contributed by atoms with van der Waals surface area (Å²) < 4.78 is 5.80. The molecule has 0 radical (unpaired) electrons. The Balaban J connectivity index is 1.52. The predicted molar refractivity (Wildman–Crippen MR) is 86.8 cm³/mol. The number of benzene rings is 1. The number of nitrogens with zero attached hydrogens (tertiary/aromatic N) is 1. The topological polar surface area (TPSA) is 41.6 Å². The molecule has 4 nitrogen and oxygen atoms in total. The van der Waals surface area contributed by atoms with Crippen LogP contribution in [0.2, 0.25) is 0 Å². The van der Waals surface area contributed by atoms with Crippen molar-refractivity contribution in [2.45, 2.75) is 51.1 Å². The summed E-state index contributed by atoms with van der Waals surface area (Å²) in [7, 11) is 0. The van der Waals surface area contributed by atoms with Gasteiger partial charge in [0.15, 0.2) is 6.61 Å². The summed E-state index contributed by atoms with van der Waals surface area (Å²) in [5.41, 5.74) is 1.14. The molecule has 22 heavy (non-hydrogen) atoms. The largest absolute Gasteiger partial charge is 0.483 e. The van der Waals surface area contributed by atoms with E-state index in [0.29, 0.717) is 6.04 Å². The molecule has 0 unspecified atom stereocenters. The van der Waals surface area contributed by atoms with E-state index in [-0.39, 0.29) is 12.5 Å². The van der Waals surface area contributed by atoms with E-state index in [9.17, 15) is 4.79 Å². The predicted octanol–water partition coefficient (Wildman–Crippen LogP) is 2.72. The highest BCUT2D eigenvalue weighted by Gasteiger charge is 2.19. The summed E-state index contributed by atoms with van der Waals surface area (Å²) in [6.07, 6.45) is 7.45. The Kier molecular flexibility index (Phi) is 5.33. The molecule has 2 aliphatic rings. The number of nitrogens with one attached hydrogen (secondary N) is 1. The van der Waals surface area contributed by atoms with Gasteiger partial charge in [-0.05, 0) is 31.7 Å². The molecule has 1 aliphatic heterocycles. The third-order valence-corrected chi connectivity index (χ3v) is 4.72. The van der Waals surface area contributed by atoms with Crippen LogP contribution in [0.25, 0.3) is 0 Å². The molecule has 1 heterocycles. The summed E-state index contributed by atoms with van der Waals surface area (Å²) in [5.74, 6) is 0.941. The molecule has 0 aromatic heterocycles. The van der Waals surface area contributed by atoms with Gasteiger partial charge in [-0.15, -0.1) is 0 Å². The van der Waals surface area contributed by atoms with E-state index >= 15 is 0 Å². The Labute approximate surface area is 132 Å². The highest BCUT2D eigenvalue weighted by Crippen LogP contribution is 2.21. The lowest BCUT2D eigenvalue weighted by Crippen LogP contribution is -2.32. The molecule has 0 bridgehead atoms. The second kappa shape index (κ2) is 7.63. The lowest BCUT2D eigenvalue weighted by atomic mass is 10.1. The lowest BCUT2D eigenvalue weighted by Gasteiger charge is -2.18. The van der Waals surface area contributed by atoms with Crippen LogP contribution >= 0.6 is 0 Å². The number of ether oxygens (including phenoxy) is 1. The van der Waals surface area contributed by atoms with Crippen LogP contribution in [-0.2, 0) is 11.3 Å². The second-order valence-electron chi connectivity index (χ2n) is 6.35. The van der Waals surface area contributed by atoms with Crippen LogP contribution in [-0.4, -0.2) is 36.5 Å². The molecule has 0 atom stereocenters. The Hall–Kier alpha value is -1.55. The van der Waals surface area contributed by atoms with E-state index in [2.05, 4.69) is 11.4 Å². The van der Waals surface area contributed by atoms with Crippen molar-refractivity contribution in [2.24, 2.45) is 0 Å². The summed E-state index contributed by atoms with van der Waals surface area (Å²) in [6.45, 7) is 2.74. The fourth-order valence-corrected chi connectivity index (χ4v) is 3.37. The highest BCUT2D eigenvalue weighted by atomic mass is 16.5. The first-order chi connectivity index (χ1) is 10.8. The third-order valence-electron chi connectivity index (χ3n) is 4.72. The molecule has 4 heteroatoms. The first-order valence-electron chi connectivity index (χ1n) is 8.55. The van der Waals surface area contributed by atoms with Crippen molar-refractivity contribution in [3.05, 3.63) is 29.8 Å². The molecule has 2 fully saturated rings. The van der Waals surface area contributed by atoms with Crippen molar-refractivity contribution in [3.63, 3.8) is 0 Å². The molecular weight excluding hydrogens is 276 g/mol. The van der Waals surface area contributed by atoms with E-state index in [0.717, 1.165) is 43.8 Å². The smallest absolute Gasteiger partial charge is 0.260 e. The van der Waals surface area contributed by atoms with E-state index in [1.165, 1.54) is 25.7 Å².